The molecule has 1 rings (SSSR count). The van der Waals surface area contributed by atoms with Gasteiger partial charge in [0.15, 0.2) is 0 Å². The average Bonchev–Trinajstić information content (AvgIpc) is 2.68. The van der Waals surface area contributed by atoms with Gasteiger partial charge in [-0.3, -0.25) is 29.1 Å². The van der Waals surface area contributed by atoms with E-state index in [1.54, 1.807) is 0 Å². The Morgan fingerprint density at radius 2 is 0.933 bits per heavy atom. The van der Waals surface area contributed by atoms with Crippen LogP contribution in [0.1, 0.15) is 0 Å². The first-order valence-corrected chi connectivity index (χ1v) is 9.77. The summed E-state index contributed by atoms with van der Waals surface area (Å²) in [5, 5.41) is 3.31. The first-order chi connectivity index (χ1) is 14.5. The third-order valence-corrected chi connectivity index (χ3v) is 4.38. The van der Waals surface area contributed by atoms with Crippen LogP contribution in [-0.4, -0.2) is 105 Å². The Bertz CT molecular complexity index is 560. The third-order valence-electron chi connectivity index (χ3n) is 4.38. The lowest BCUT2D eigenvalue weighted by molar-refractivity contribution is -0.141. The lowest BCUT2D eigenvalue weighted by Crippen LogP contribution is -2.47. The maximum atomic E-state index is 11.9. The van der Waals surface area contributed by atoms with E-state index in [4.69, 9.17) is 14.2 Å². The normalized spacial score (nSPS) is 17.6. The highest BCUT2D eigenvalue weighted by molar-refractivity contribution is 5.73. The molecule has 0 aliphatic carbocycles. The van der Waals surface area contributed by atoms with E-state index in [1.165, 1.54) is 0 Å². The number of rotatable bonds is 9. The first-order valence-electron chi connectivity index (χ1n) is 9.77. The second-order valence-electron chi connectivity index (χ2n) is 6.55. The van der Waals surface area contributed by atoms with E-state index in [0.717, 1.165) is 18.8 Å². The van der Waals surface area contributed by atoms with Crippen molar-refractivity contribution in [3.63, 3.8) is 0 Å². The molecule has 0 aromatic rings. The molecular formula is C20H32N4O6. The van der Waals surface area contributed by atoms with Crippen molar-refractivity contribution in [1.29, 1.82) is 0 Å². The molecule has 10 heteroatoms. The van der Waals surface area contributed by atoms with Crippen LogP contribution in [0, 0.1) is 0 Å². The first kappa shape index (κ1) is 25.5. The molecule has 0 atom stereocenters. The van der Waals surface area contributed by atoms with Gasteiger partial charge in [-0.25, -0.2) is 0 Å². The molecule has 0 unspecified atom stereocenters. The lowest BCUT2D eigenvalue weighted by atomic mass is 10.3. The molecule has 0 saturated carbocycles. The highest BCUT2D eigenvalue weighted by Crippen LogP contribution is 2.00. The maximum absolute atomic E-state index is 11.9. The van der Waals surface area contributed by atoms with Crippen molar-refractivity contribution in [1.82, 2.24) is 20.0 Å². The second-order valence-corrected chi connectivity index (χ2v) is 6.55. The van der Waals surface area contributed by atoms with Crippen LogP contribution >= 0.6 is 0 Å². The monoisotopic (exact) mass is 424 g/mol. The zero-order valence-electron chi connectivity index (χ0n) is 17.4. The van der Waals surface area contributed by atoms with E-state index in [-0.39, 0.29) is 31.6 Å². The highest BCUT2D eigenvalue weighted by Gasteiger charge is 2.19. The Balaban J connectivity index is 2.78. The van der Waals surface area contributed by atoms with Crippen LogP contribution < -0.4 is 5.32 Å². The van der Waals surface area contributed by atoms with Gasteiger partial charge in [-0.15, -0.1) is 0 Å². The Kier molecular flexibility index (Phi) is 13.0. The molecule has 10 nitrogen and oxygen atoms in total. The Morgan fingerprint density at radius 3 is 1.23 bits per heavy atom. The Morgan fingerprint density at radius 1 is 0.633 bits per heavy atom. The van der Waals surface area contributed by atoms with Crippen molar-refractivity contribution >= 4 is 17.9 Å². The van der Waals surface area contributed by atoms with E-state index < -0.39 is 5.97 Å². The molecular weight excluding hydrogens is 392 g/mol. The summed E-state index contributed by atoms with van der Waals surface area (Å²) >= 11 is 0. The van der Waals surface area contributed by atoms with Crippen molar-refractivity contribution in [2.24, 2.45) is 0 Å². The summed E-state index contributed by atoms with van der Waals surface area (Å²) in [4.78, 5) is 41.4. The Labute approximate surface area is 177 Å². The van der Waals surface area contributed by atoms with Gasteiger partial charge in [0.05, 0.1) is 38.4 Å². The predicted octanol–water partition coefficient (Wildman–Crippen LogP) is -0.444. The predicted molar refractivity (Wildman–Crippen MR) is 111 cm³/mol. The van der Waals surface area contributed by atoms with Crippen LogP contribution in [0.3, 0.4) is 0 Å². The van der Waals surface area contributed by atoms with Crippen molar-refractivity contribution in [2.75, 3.05) is 72.0 Å². The summed E-state index contributed by atoms with van der Waals surface area (Å²) in [6, 6.07) is 0. The van der Waals surface area contributed by atoms with Gasteiger partial charge in [0, 0.05) is 52.4 Å². The molecule has 0 amide bonds. The number of nitrogens with one attached hydrogen (secondary N) is 1. The van der Waals surface area contributed by atoms with Crippen molar-refractivity contribution in [3.05, 3.63) is 38.5 Å². The minimum absolute atomic E-state index is 0.0696. The van der Waals surface area contributed by atoms with Crippen LogP contribution in [0.4, 0.5) is 0 Å². The molecule has 1 saturated heterocycles. The van der Waals surface area contributed by atoms with E-state index in [1.807, 2.05) is 14.7 Å². The largest absolute Gasteiger partial charge is 0.434 e. The van der Waals surface area contributed by atoms with Crippen LogP contribution in [0.5, 0.6) is 0 Å². The average molecular weight is 424 g/mol. The van der Waals surface area contributed by atoms with Gasteiger partial charge in [-0.2, -0.15) is 0 Å². The van der Waals surface area contributed by atoms with Gasteiger partial charge in [0.1, 0.15) is 0 Å². The zero-order valence-corrected chi connectivity index (χ0v) is 17.4. The maximum Gasteiger partial charge on any atom is 0.324 e. The van der Waals surface area contributed by atoms with E-state index in [9.17, 15) is 14.4 Å². The van der Waals surface area contributed by atoms with Crippen LogP contribution in [0.25, 0.3) is 0 Å². The molecule has 1 aliphatic rings. The van der Waals surface area contributed by atoms with Gasteiger partial charge in [-0.05, 0) is 0 Å². The quantitative estimate of drug-likeness (QED) is 0.298. The van der Waals surface area contributed by atoms with Gasteiger partial charge < -0.3 is 19.5 Å². The Hall–Kier alpha value is -2.53. The minimum Gasteiger partial charge on any atom is -0.434 e. The van der Waals surface area contributed by atoms with Gasteiger partial charge >= 0.3 is 17.9 Å². The molecule has 0 aromatic carbocycles. The van der Waals surface area contributed by atoms with Crippen molar-refractivity contribution in [3.8, 4) is 0 Å². The number of hydrogen-bond donors (Lipinski definition) is 1. The number of ether oxygens (including phenoxy) is 3. The molecule has 1 N–H and O–H groups in total. The molecule has 168 valence electrons. The summed E-state index contributed by atoms with van der Waals surface area (Å²) in [5.74, 6) is -1.20. The summed E-state index contributed by atoms with van der Waals surface area (Å²) in [6.45, 7) is 15.2. The number of nitrogens with zero attached hydrogens (tertiary/aromatic N) is 3. The van der Waals surface area contributed by atoms with Crippen LogP contribution in [0.2, 0.25) is 0 Å². The lowest BCUT2D eigenvalue weighted by Gasteiger charge is -2.30. The van der Waals surface area contributed by atoms with Crippen LogP contribution in [0.15, 0.2) is 38.5 Å². The number of carbonyl (C=O) groups is 3. The fourth-order valence-electron chi connectivity index (χ4n) is 2.91. The molecule has 0 spiro atoms. The molecule has 0 radical (unpaired) electrons. The molecule has 0 bridgehead atoms. The molecule has 0 aromatic heterocycles. The number of carbonyl (C=O) groups excluding carboxylic acids is 3. The van der Waals surface area contributed by atoms with Gasteiger partial charge in [0.25, 0.3) is 0 Å². The fraction of sp³-hybridized carbons (Fsp3) is 0.550. The molecule has 1 aliphatic heterocycles. The smallest absolute Gasteiger partial charge is 0.324 e. The van der Waals surface area contributed by atoms with E-state index >= 15 is 0 Å². The second kappa shape index (κ2) is 15.3. The van der Waals surface area contributed by atoms with E-state index in [2.05, 4.69) is 25.1 Å². The van der Waals surface area contributed by atoms with Gasteiger partial charge in [0.2, 0.25) is 0 Å². The summed E-state index contributed by atoms with van der Waals surface area (Å²) in [7, 11) is 0. The van der Waals surface area contributed by atoms with E-state index in [0.29, 0.717) is 52.4 Å². The third kappa shape index (κ3) is 11.5. The number of esters is 3. The fourth-order valence-corrected chi connectivity index (χ4v) is 2.91. The minimum atomic E-state index is -0.422. The summed E-state index contributed by atoms with van der Waals surface area (Å²) in [5.41, 5.74) is 0. The standard InChI is InChI=1S/C20H32N4O6/c1-4-28-18(25)15-22-9-7-21-8-10-23(16-19(26)29-5-2)12-14-24(13-11-22)17-20(27)30-6-3/h4-6,21H,1-3,7-17H2. The molecule has 30 heavy (non-hydrogen) atoms. The highest BCUT2D eigenvalue weighted by atomic mass is 16.5. The topological polar surface area (TPSA) is 101 Å². The molecule has 1 fully saturated rings. The molecule has 1 heterocycles. The zero-order chi connectivity index (χ0) is 22.2. The van der Waals surface area contributed by atoms with Crippen molar-refractivity contribution in [2.45, 2.75) is 0 Å². The van der Waals surface area contributed by atoms with Crippen LogP contribution in [-0.2, 0) is 28.6 Å². The SMILES string of the molecule is C=COC(=O)CN1CCNCCN(CC(=O)OC=C)CCN(CC(=O)OC=C)CC1. The van der Waals surface area contributed by atoms with Crippen molar-refractivity contribution < 1.29 is 28.6 Å². The summed E-state index contributed by atoms with van der Waals surface area (Å²) < 4.78 is 14.5. The van der Waals surface area contributed by atoms with Gasteiger partial charge in [-0.1, -0.05) is 19.7 Å². The number of hydrogen-bond acceptors (Lipinski definition) is 10. The summed E-state index contributed by atoms with van der Waals surface area (Å²) in [6.07, 6.45) is 3.32.